The summed E-state index contributed by atoms with van der Waals surface area (Å²) < 4.78 is 27.3. The molecule has 1 unspecified atom stereocenters. The fourth-order valence-electron chi connectivity index (χ4n) is 10.7. The molecule has 1 saturated carbocycles. The van der Waals surface area contributed by atoms with Crippen LogP contribution in [0.1, 0.15) is 78.4 Å². The van der Waals surface area contributed by atoms with Gasteiger partial charge in [-0.1, -0.05) is 11.6 Å². The monoisotopic (exact) mass is 864 g/mol. The van der Waals surface area contributed by atoms with Crippen LogP contribution >= 0.6 is 11.6 Å². The van der Waals surface area contributed by atoms with Crippen LogP contribution in [-0.4, -0.2) is 102 Å². The summed E-state index contributed by atoms with van der Waals surface area (Å²) in [5.41, 5.74) is 5.60. The summed E-state index contributed by atoms with van der Waals surface area (Å²) in [5.74, 6) is 0.145. The molecular formula is C46H50ClFN8O6. The van der Waals surface area contributed by atoms with Crippen LogP contribution in [0.5, 0.6) is 5.88 Å². The topological polar surface area (TPSA) is 158 Å². The molecule has 4 aromatic rings. The number of carbonyl (C=O) groups excluding carboxylic acids is 4. The van der Waals surface area contributed by atoms with Crippen molar-refractivity contribution in [3.8, 4) is 17.0 Å². The highest BCUT2D eigenvalue weighted by Gasteiger charge is 2.48. The second-order valence-electron chi connectivity index (χ2n) is 18.0. The maximum Gasteiger partial charge on any atom is 0.413 e. The van der Waals surface area contributed by atoms with Crippen molar-refractivity contribution < 1.29 is 33.0 Å². The number of benzene rings is 2. The molecule has 1 atom stereocenters. The number of halogens is 2. The van der Waals surface area contributed by atoms with Crippen molar-refractivity contribution in [3.05, 3.63) is 69.8 Å². The third kappa shape index (κ3) is 7.36. The summed E-state index contributed by atoms with van der Waals surface area (Å²) in [5, 5.41) is 10.5. The molecular weight excluding hydrogens is 815 g/mol. The highest BCUT2D eigenvalue weighted by molar-refractivity contribution is 6.35. The standard InChI is InChI=1S/C46H50ClFN8O6/c1-25-32-21-50-37(18-28(32)17-31(40(25)48)33-22-51-43-41(26(33)2)49-11-16-61-43)52-45(60)62-29-19-46(20-29)9-14-54(15-10-46)23-27-7-12-55(13-8-27)35-4-3-30-34(39(35)47)24-56(44(30)59)36-5-6-38(57)53-42(36)58/h3-4,17-18,21-22,27,29,36,49H,5-16,19-20,23-24H2,1-2H3,(H,50,52,60)(H,53,57,58). The number of nitrogens with one attached hydrogen (secondary N) is 3. The number of ether oxygens (including phenoxy) is 2. The Hall–Kier alpha value is -5.54. The van der Waals surface area contributed by atoms with Crippen LogP contribution in [0, 0.1) is 31.0 Å². The van der Waals surface area contributed by atoms with Crippen LogP contribution in [0.15, 0.2) is 36.7 Å². The van der Waals surface area contributed by atoms with Crippen molar-refractivity contribution in [1.82, 2.24) is 25.1 Å². The second-order valence-corrected chi connectivity index (χ2v) is 18.4. The van der Waals surface area contributed by atoms with Crippen LogP contribution in [0.2, 0.25) is 5.02 Å². The molecule has 4 amide bonds. The van der Waals surface area contributed by atoms with Gasteiger partial charge in [0.25, 0.3) is 5.91 Å². The van der Waals surface area contributed by atoms with Crippen LogP contribution in [-0.2, 0) is 20.9 Å². The molecule has 0 bridgehead atoms. The first-order valence-corrected chi connectivity index (χ1v) is 22.2. The van der Waals surface area contributed by atoms with Gasteiger partial charge >= 0.3 is 6.09 Å². The molecule has 3 N–H and O–H groups in total. The number of carbonyl (C=O) groups is 4. The number of amides is 4. The number of likely N-dealkylation sites (tertiary alicyclic amines) is 1. The van der Waals surface area contributed by atoms with Gasteiger partial charge in [-0.2, -0.15) is 0 Å². The zero-order valence-electron chi connectivity index (χ0n) is 35.0. The number of hydrogen-bond acceptors (Lipinski definition) is 11. The van der Waals surface area contributed by atoms with Crippen molar-refractivity contribution >= 4 is 63.4 Å². The minimum atomic E-state index is -0.669. The minimum absolute atomic E-state index is 0.143. The quantitative estimate of drug-likeness (QED) is 0.165. The van der Waals surface area contributed by atoms with Gasteiger partial charge in [0.05, 0.1) is 10.7 Å². The van der Waals surface area contributed by atoms with Gasteiger partial charge in [0.2, 0.25) is 17.7 Å². The van der Waals surface area contributed by atoms with E-state index in [-0.39, 0.29) is 42.1 Å². The highest BCUT2D eigenvalue weighted by atomic mass is 35.5. The highest BCUT2D eigenvalue weighted by Crippen LogP contribution is 2.51. The Morgan fingerprint density at radius 2 is 1.79 bits per heavy atom. The molecule has 2 aromatic carbocycles. The van der Waals surface area contributed by atoms with Gasteiger partial charge in [0.1, 0.15) is 36.1 Å². The van der Waals surface area contributed by atoms with E-state index in [0.717, 1.165) is 99.1 Å². The number of nitrogens with zero attached hydrogens (tertiary/aromatic N) is 5. The van der Waals surface area contributed by atoms with E-state index < -0.39 is 18.0 Å². The van der Waals surface area contributed by atoms with Crippen LogP contribution in [0.4, 0.5) is 26.4 Å². The first-order chi connectivity index (χ1) is 29.9. The maximum atomic E-state index is 15.8. The number of piperidine rings is 3. The summed E-state index contributed by atoms with van der Waals surface area (Å²) >= 11 is 6.97. The van der Waals surface area contributed by atoms with Gasteiger partial charge in [-0.15, -0.1) is 0 Å². The number of aromatic nitrogens is 2. The summed E-state index contributed by atoms with van der Waals surface area (Å²) in [6.07, 6.45) is 9.05. The SMILES string of the molecule is Cc1c(-c2cc3cc(NC(=O)OC4CC5(CCN(CC6CCN(c7ccc8c(c7Cl)CN(C7CCC(=O)NC7=O)C8=O)CC6)CC5)C4)ncc3c(C)c2F)cnc2c1NCCO2. The molecule has 2 aromatic heterocycles. The lowest BCUT2D eigenvalue weighted by molar-refractivity contribution is -0.136. The van der Waals surface area contributed by atoms with Gasteiger partial charge in [-0.3, -0.25) is 25.0 Å². The van der Waals surface area contributed by atoms with E-state index in [4.69, 9.17) is 21.1 Å². The fraction of sp³-hybridized carbons (Fsp3) is 0.478. The largest absolute Gasteiger partial charge is 0.474 e. The molecule has 0 radical (unpaired) electrons. The van der Waals surface area contributed by atoms with Crippen molar-refractivity contribution in [2.24, 2.45) is 11.3 Å². The van der Waals surface area contributed by atoms with E-state index in [2.05, 4.69) is 35.7 Å². The Morgan fingerprint density at radius 1 is 1.00 bits per heavy atom. The predicted octanol–water partition coefficient (Wildman–Crippen LogP) is 6.98. The predicted molar refractivity (Wildman–Crippen MR) is 232 cm³/mol. The van der Waals surface area contributed by atoms with Gasteiger partial charge in [0, 0.05) is 79.2 Å². The Morgan fingerprint density at radius 3 is 2.56 bits per heavy atom. The van der Waals surface area contributed by atoms with Crippen LogP contribution in [0.3, 0.4) is 0 Å². The number of fused-ring (bicyclic) bond motifs is 3. The van der Waals surface area contributed by atoms with Crippen molar-refractivity contribution in [1.29, 1.82) is 0 Å². The number of anilines is 3. The average molecular weight is 865 g/mol. The molecule has 14 nitrogen and oxygen atoms in total. The molecule has 6 aliphatic rings. The zero-order chi connectivity index (χ0) is 42.9. The van der Waals surface area contributed by atoms with Gasteiger partial charge < -0.3 is 29.5 Å². The summed E-state index contributed by atoms with van der Waals surface area (Å²) in [4.78, 5) is 65.8. The van der Waals surface area contributed by atoms with Gasteiger partial charge in [-0.05, 0) is 124 Å². The summed E-state index contributed by atoms with van der Waals surface area (Å²) in [7, 11) is 0. The van der Waals surface area contributed by atoms with Crippen molar-refractivity contribution in [3.63, 3.8) is 0 Å². The normalized spacial score (nSPS) is 21.5. The van der Waals surface area contributed by atoms with Crippen molar-refractivity contribution in [2.75, 3.05) is 61.4 Å². The molecule has 4 fully saturated rings. The molecule has 1 spiro atoms. The summed E-state index contributed by atoms with van der Waals surface area (Å²) in [6.45, 7) is 9.97. The van der Waals surface area contributed by atoms with Crippen molar-refractivity contribution in [2.45, 2.75) is 83.9 Å². The molecule has 10 rings (SSSR count). The van der Waals surface area contributed by atoms with E-state index in [0.29, 0.717) is 69.9 Å². The first kappa shape index (κ1) is 40.5. The fourth-order valence-corrected chi connectivity index (χ4v) is 11.0. The van der Waals surface area contributed by atoms with E-state index in [1.165, 1.54) is 0 Å². The zero-order valence-corrected chi connectivity index (χ0v) is 35.7. The van der Waals surface area contributed by atoms with Crippen LogP contribution in [0.25, 0.3) is 21.9 Å². The molecule has 7 heterocycles. The minimum Gasteiger partial charge on any atom is -0.474 e. The third-order valence-corrected chi connectivity index (χ3v) is 14.7. The lowest BCUT2D eigenvalue weighted by Crippen LogP contribution is -2.52. The number of pyridine rings is 2. The van der Waals surface area contributed by atoms with E-state index >= 15 is 4.39 Å². The number of imide groups is 1. The van der Waals surface area contributed by atoms with E-state index in [1.807, 2.05) is 19.1 Å². The Balaban J connectivity index is 0.687. The molecule has 1 aliphatic carbocycles. The molecule has 324 valence electrons. The molecule has 16 heteroatoms. The Bertz CT molecular complexity index is 2510. The smallest absolute Gasteiger partial charge is 0.413 e. The first-order valence-electron chi connectivity index (χ1n) is 21.8. The van der Waals surface area contributed by atoms with E-state index in [9.17, 15) is 19.2 Å². The number of rotatable bonds is 7. The summed E-state index contributed by atoms with van der Waals surface area (Å²) in [6, 6.07) is 6.62. The Labute approximate surface area is 363 Å². The van der Waals surface area contributed by atoms with Gasteiger partial charge in [-0.25, -0.2) is 19.2 Å². The molecule has 3 saturated heterocycles. The molecule has 5 aliphatic heterocycles. The number of hydrogen-bond donors (Lipinski definition) is 3. The maximum absolute atomic E-state index is 15.8. The third-order valence-electron chi connectivity index (χ3n) is 14.3. The Kier molecular flexibility index (Phi) is 10.4. The lowest BCUT2D eigenvalue weighted by atomic mass is 9.61. The van der Waals surface area contributed by atoms with E-state index in [1.54, 1.807) is 36.4 Å². The van der Waals surface area contributed by atoms with Crippen LogP contribution < -0.4 is 25.6 Å². The van der Waals surface area contributed by atoms with Gasteiger partial charge in [0.15, 0.2) is 0 Å². The lowest BCUT2D eigenvalue weighted by Gasteiger charge is -2.51. The molecule has 62 heavy (non-hydrogen) atoms. The number of aryl methyl sites for hydroxylation is 1. The average Bonchev–Trinajstić information content (AvgIpc) is 3.59. The second kappa shape index (κ2) is 16.0.